The second-order valence-electron chi connectivity index (χ2n) is 6.56. The lowest BCUT2D eigenvalue weighted by Gasteiger charge is -2.18. The number of hydrogen-bond acceptors (Lipinski definition) is 4. The van der Waals surface area contributed by atoms with E-state index in [9.17, 15) is 9.59 Å². The van der Waals surface area contributed by atoms with Crippen LogP contribution in [-0.4, -0.2) is 18.4 Å². The predicted octanol–water partition coefficient (Wildman–Crippen LogP) is 4.26. The Bertz CT molecular complexity index is 761. The van der Waals surface area contributed by atoms with Gasteiger partial charge in [-0.1, -0.05) is 56.6 Å². The average molecular weight is 346 g/mol. The van der Waals surface area contributed by atoms with E-state index in [-0.39, 0.29) is 29.1 Å². The molecule has 2 N–H and O–H groups in total. The molecule has 0 aliphatic rings. The smallest absolute Gasteiger partial charge is 0.340 e. The number of halogens is 1. The number of anilines is 1. The van der Waals surface area contributed by atoms with Crippen molar-refractivity contribution < 1.29 is 14.3 Å². The van der Waals surface area contributed by atoms with Gasteiger partial charge >= 0.3 is 5.97 Å². The van der Waals surface area contributed by atoms with Gasteiger partial charge in [0.25, 0.3) is 0 Å². The molecule has 0 saturated heterocycles. The quantitative estimate of drug-likeness (QED) is 0.510. The third kappa shape index (κ3) is 4.36. The minimum absolute atomic E-state index is 0.0140. The Morgan fingerprint density at radius 3 is 2.25 bits per heavy atom. The average Bonchev–Trinajstić information content (AvgIpc) is 2.51. The number of esters is 1. The summed E-state index contributed by atoms with van der Waals surface area (Å²) in [7, 11) is 0. The highest BCUT2D eigenvalue weighted by Gasteiger charge is 2.16. The van der Waals surface area contributed by atoms with Crippen molar-refractivity contribution in [1.82, 2.24) is 0 Å². The van der Waals surface area contributed by atoms with Gasteiger partial charge < -0.3 is 10.5 Å². The molecule has 0 spiro atoms. The largest absolute Gasteiger partial charge is 0.454 e. The maximum Gasteiger partial charge on any atom is 0.340 e. The van der Waals surface area contributed by atoms with E-state index < -0.39 is 5.97 Å². The Kier molecular flexibility index (Phi) is 5.30. The van der Waals surface area contributed by atoms with Crippen molar-refractivity contribution in [2.75, 3.05) is 12.3 Å². The Labute approximate surface area is 146 Å². The maximum absolute atomic E-state index is 12.2. The molecule has 0 aromatic heterocycles. The molecule has 0 amide bonds. The number of ether oxygens (including phenoxy) is 1. The van der Waals surface area contributed by atoms with Crippen LogP contribution in [0.4, 0.5) is 5.69 Å². The van der Waals surface area contributed by atoms with Crippen LogP contribution in [0.2, 0.25) is 5.02 Å². The molecule has 2 aromatic rings. The fourth-order valence-electron chi connectivity index (χ4n) is 2.17. The number of ketones is 1. The zero-order valence-corrected chi connectivity index (χ0v) is 14.7. The van der Waals surface area contributed by atoms with E-state index in [1.165, 1.54) is 12.1 Å². The molecule has 4 nitrogen and oxygen atoms in total. The zero-order valence-electron chi connectivity index (χ0n) is 13.9. The summed E-state index contributed by atoms with van der Waals surface area (Å²) in [4.78, 5) is 24.2. The number of carbonyl (C=O) groups is 2. The van der Waals surface area contributed by atoms with Gasteiger partial charge in [-0.3, -0.25) is 4.79 Å². The number of nitrogen functional groups attached to an aromatic ring is 1. The summed E-state index contributed by atoms with van der Waals surface area (Å²) in [5.74, 6) is -0.917. The fraction of sp³-hybridized carbons (Fsp3) is 0.263. The monoisotopic (exact) mass is 345 g/mol. The van der Waals surface area contributed by atoms with Gasteiger partial charge in [0.2, 0.25) is 0 Å². The second-order valence-corrected chi connectivity index (χ2v) is 6.99. The second kappa shape index (κ2) is 7.05. The Hall–Kier alpha value is -2.33. The summed E-state index contributed by atoms with van der Waals surface area (Å²) in [5.41, 5.74) is 7.78. The molecular weight excluding hydrogens is 326 g/mol. The molecule has 0 bridgehead atoms. The van der Waals surface area contributed by atoms with Crippen molar-refractivity contribution in [3.8, 4) is 0 Å². The normalized spacial score (nSPS) is 11.2. The molecular formula is C19H20ClNO3. The summed E-state index contributed by atoms with van der Waals surface area (Å²) >= 11 is 5.79. The van der Waals surface area contributed by atoms with E-state index in [2.05, 4.69) is 20.8 Å². The van der Waals surface area contributed by atoms with E-state index >= 15 is 0 Å². The topological polar surface area (TPSA) is 69.4 Å². The highest BCUT2D eigenvalue weighted by atomic mass is 35.5. The predicted molar refractivity (Wildman–Crippen MR) is 95.6 cm³/mol. The van der Waals surface area contributed by atoms with Gasteiger partial charge in [-0.2, -0.15) is 0 Å². The van der Waals surface area contributed by atoms with Crippen molar-refractivity contribution in [3.63, 3.8) is 0 Å². The van der Waals surface area contributed by atoms with E-state index in [4.69, 9.17) is 22.1 Å². The molecule has 0 aliphatic carbocycles. The molecule has 0 saturated carbocycles. The van der Waals surface area contributed by atoms with Crippen molar-refractivity contribution in [3.05, 3.63) is 64.2 Å². The number of benzene rings is 2. The molecule has 126 valence electrons. The van der Waals surface area contributed by atoms with Crippen LogP contribution in [0.3, 0.4) is 0 Å². The Morgan fingerprint density at radius 2 is 1.71 bits per heavy atom. The summed E-state index contributed by atoms with van der Waals surface area (Å²) in [5, 5.41) is 0.430. The van der Waals surface area contributed by atoms with Crippen LogP contribution >= 0.6 is 11.6 Å². The van der Waals surface area contributed by atoms with E-state index in [1.807, 2.05) is 12.1 Å². The summed E-state index contributed by atoms with van der Waals surface area (Å²) in [6, 6.07) is 11.8. The van der Waals surface area contributed by atoms with Crippen LogP contribution < -0.4 is 5.73 Å². The van der Waals surface area contributed by atoms with Gasteiger partial charge in [-0.05, 0) is 29.2 Å². The van der Waals surface area contributed by atoms with Crippen LogP contribution in [-0.2, 0) is 10.2 Å². The van der Waals surface area contributed by atoms with Crippen LogP contribution in [0.5, 0.6) is 0 Å². The standard InChI is InChI=1S/C19H20ClNO3/c1-19(2,3)13-6-4-12(5-7-13)17(22)11-24-18(23)15-9-8-14(20)10-16(15)21/h4-10H,11,21H2,1-3H3. The molecule has 0 fully saturated rings. The first-order valence-electron chi connectivity index (χ1n) is 7.54. The minimum Gasteiger partial charge on any atom is -0.454 e. The van der Waals surface area contributed by atoms with E-state index in [0.717, 1.165) is 5.56 Å². The van der Waals surface area contributed by atoms with Gasteiger partial charge in [0.05, 0.1) is 5.56 Å². The maximum atomic E-state index is 12.2. The molecule has 2 rings (SSSR count). The van der Waals surface area contributed by atoms with Crippen LogP contribution in [0.25, 0.3) is 0 Å². The molecule has 2 aromatic carbocycles. The van der Waals surface area contributed by atoms with Crippen LogP contribution in [0.1, 0.15) is 47.1 Å². The van der Waals surface area contributed by atoms with Gasteiger partial charge in [0.15, 0.2) is 12.4 Å². The number of hydrogen-bond donors (Lipinski definition) is 1. The first-order valence-corrected chi connectivity index (χ1v) is 7.92. The lowest BCUT2D eigenvalue weighted by Crippen LogP contribution is -2.16. The first kappa shape index (κ1) is 18.0. The molecule has 0 heterocycles. The molecule has 24 heavy (non-hydrogen) atoms. The van der Waals surface area contributed by atoms with Crippen LogP contribution in [0, 0.1) is 0 Å². The Balaban J connectivity index is 2.01. The van der Waals surface area contributed by atoms with Crippen molar-refractivity contribution in [2.45, 2.75) is 26.2 Å². The third-order valence-corrected chi connectivity index (χ3v) is 3.88. The molecule has 0 aliphatic heterocycles. The van der Waals surface area contributed by atoms with Gasteiger partial charge in [-0.25, -0.2) is 4.79 Å². The lowest BCUT2D eigenvalue weighted by molar-refractivity contribution is 0.0476. The van der Waals surface area contributed by atoms with Crippen LogP contribution in [0.15, 0.2) is 42.5 Å². The SMILES string of the molecule is CC(C)(C)c1ccc(C(=O)COC(=O)c2ccc(Cl)cc2N)cc1. The molecule has 0 atom stereocenters. The highest BCUT2D eigenvalue weighted by Crippen LogP contribution is 2.22. The molecule has 0 unspecified atom stereocenters. The fourth-order valence-corrected chi connectivity index (χ4v) is 2.35. The number of Topliss-reactive ketones (excluding diaryl/α,β-unsaturated/α-hetero) is 1. The van der Waals surface area contributed by atoms with Crippen molar-refractivity contribution >= 4 is 29.0 Å². The lowest BCUT2D eigenvalue weighted by atomic mass is 9.86. The number of rotatable bonds is 4. The van der Waals surface area contributed by atoms with E-state index in [0.29, 0.717) is 10.6 Å². The molecule has 0 radical (unpaired) electrons. The zero-order chi connectivity index (χ0) is 17.9. The highest BCUT2D eigenvalue weighted by molar-refractivity contribution is 6.31. The molecule has 5 heteroatoms. The van der Waals surface area contributed by atoms with E-state index in [1.54, 1.807) is 18.2 Å². The third-order valence-electron chi connectivity index (χ3n) is 3.64. The van der Waals surface area contributed by atoms with Crippen molar-refractivity contribution in [2.24, 2.45) is 0 Å². The van der Waals surface area contributed by atoms with Crippen molar-refractivity contribution in [1.29, 1.82) is 0 Å². The first-order chi connectivity index (χ1) is 11.2. The summed E-state index contributed by atoms with van der Waals surface area (Å²) < 4.78 is 5.05. The van der Waals surface area contributed by atoms with Gasteiger partial charge in [0.1, 0.15) is 0 Å². The number of nitrogens with two attached hydrogens (primary N) is 1. The van der Waals surface area contributed by atoms with Gasteiger partial charge in [0, 0.05) is 16.3 Å². The Morgan fingerprint density at radius 1 is 1.08 bits per heavy atom. The summed E-state index contributed by atoms with van der Waals surface area (Å²) in [6.45, 7) is 5.96. The minimum atomic E-state index is -0.649. The summed E-state index contributed by atoms with van der Waals surface area (Å²) in [6.07, 6.45) is 0. The van der Waals surface area contributed by atoms with Gasteiger partial charge in [-0.15, -0.1) is 0 Å². The number of carbonyl (C=O) groups excluding carboxylic acids is 2.